The van der Waals surface area contributed by atoms with Crippen molar-refractivity contribution in [3.05, 3.63) is 0 Å². The van der Waals surface area contributed by atoms with Gasteiger partial charge in [-0.1, -0.05) is 13.8 Å². The quantitative estimate of drug-likeness (QED) is 0.601. The van der Waals surface area contributed by atoms with Crippen molar-refractivity contribution >= 4 is 12.6 Å². The van der Waals surface area contributed by atoms with Crippen LogP contribution in [0.3, 0.4) is 0 Å². The van der Waals surface area contributed by atoms with Gasteiger partial charge in [-0.3, -0.25) is 0 Å². The van der Waals surface area contributed by atoms with Gasteiger partial charge in [0.2, 0.25) is 0 Å². The number of hydrogen-bond acceptors (Lipinski definition) is 2. The Kier molecular flexibility index (Phi) is 1.79. The number of thiol groups is 1. The van der Waals surface area contributed by atoms with E-state index in [9.17, 15) is 5.11 Å². The number of aliphatic hydroxyl groups is 1. The maximum Gasteiger partial charge on any atom is 0.0602 e. The lowest BCUT2D eigenvalue weighted by Gasteiger charge is -2.38. The predicted octanol–water partition coefficient (Wildman–Crippen LogP) is 2.10. The summed E-state index contributed by atoms with van der Waals surface area (Å²) < 4.78 is 0. The highest BCUT2D eigenvalue weighted by Gasteiger charge is 2.62. The Balaban J connectivity index is 2.38. The molecule has 2 bridgehead atoms. The second-order valence-electron chi connectivity index (χ2n) is 4.98. The molecule has 2 fully saturated rings. The lowest BCUT2D eigenvalue weighted by atomic mass is 9.70. The molecule has 70 valence electrons. The van der Waals surface area contributed by atoms with Crippen LogP contribution in [0.5, 0.6) is 0 Å². The van der Waals surface area contributed by atoms with Gasteiger partial charge >= 0.3 is 0 Å². The van der Waals surface area contributed by atoms with Crippen molar-refractivity contribution in [3.63, 3.8) is 0 Å². The van der Waals surface area contributed by atoms with Crippen LogP contribution in [0.1, 0.15) is 33.1 Å². The summed E-state index contributed by atoms with van der Waals surface area (Å²) in [7, 11) is 0. The molecular formula is C10H18OS. The van der Waals surface area contributed by atoms with Crippen molar-refractivity contribution < 1.29 is 5.11 Å². The fraction of sp³-hybridized carbons (Fsp3) is 1.00. The molecule has 0 aromatic carbocycles. The molecule has 0 unspecified atom stereocenters. The van der Waals surface area contributed by atoms with Crippen LogP contribution in [0.25, 0.3) is 0 Å². The summed E-state index contributed by atoms with van der Waals surface area (Å²) in [6.45, 7) is 4.54. The van der Waals surface area contributed by atoms with Gasteiger partial charge in [-0.15, -0.1) is 0 Å². The second-order valence-corrected chi connectivity index (χ2v) is 5.30. The Labute approximate surface area is 80.0 Å². The Morgan fingerprint density at radius 3 is 2.42 bits per heavy atom. The molecule has 2 aliphatic carbocycles. The molecule has 1 nitrogen and oxygen atoms in total. The molecule has 2 saturated carbocycles. The largest absolute Gasteiger partial charge is 0.393 e. The van der Waals surface area contributed by atoms with Crippen molar-refractivity contribution in [1.82, 2.24) is 0 Å². The van der Waals surface area contributed by atoms with Gasteiger partial charge in [-0.2, -0.15) is 12.6 Å². The molecule has 0 aromatic heterocycles. The van der Waals surface area contributed by atoms with Gasteiger partial charge in [-0.25, -0.2) is 0 Å². The zero-order chi connectivity index (χ0) is 8.98. The van der Waals surface area contributed by atoms with Crippen LogP contribution in [0.4, 0.5) is 0 Å². The highest BCUT2D eigenvalue weighted by atomic mass is 32.1. The summed E-state index contributed by atoms with van der Waals surface area (Å²) in [5, 5.41) is 9.91. The monoisotopic (exact) mass is 186 g/mol. The summed E-state index contributed by atoms with van der Waals surface area (Å²) in [4.78, 5) is 0. The van der Waals surface area contributed by atoms with E-state index in [0.717, 1.165) is 18.1 Å². The lowest BCUT2D eigenvalue weighted by molar-refractivity contribution is 0.0145. The smallest absolute Gasteiger partial charge is 0.0602 e. The van der Waals surface area contributed by atoms with E-state index in [-0.39, 0.29) is 16.9 Å². The number of rotatable bonds is 1. The summed E-state index contributed by atoms with van der Waals surface area (Å²) in [6.07, 6.45) is 3.42. The van der Waals surface area contributed by atoms with E-state index >= 15 is 0 Å². The minimum absolute atomic E-state index is 0.0756. The summed E-state index contributed by atoms with van der Waals surface area (Å²) in [5.41, 5.74) is 0.439. The first-order valence-electron chi connectivity index (χ1n) is 4.83. The third-order valence-electron chi connectivity index (χ3n) is 4.79. The second kappa shape index (κ2) is 2.42. The molecule has 2 rings (SSSR count). The van der Waals surface area contributed by atoms with E-state index in [1.165, 1.54) is 12.8 Å². The Hall–Kier alpha value is 0.310. The van der Waals surface area contributed by atoms with E-state index in [4.69, 9.17) is 0 Å². The Morgan fingerprint density at radius 1 is 1.50 bits per heavy atom. The van der Waals surface area contributed by atoms with Gasteiger partial charge in [0.05, 0.1) is 6.10 Å². The highest BCUT2D eigenvalue weighted by Crippen LogP contribution is 2.65. The molecule has 0 radical (unpaired) electrons. The van der Waals surface area contributed by atoms with E-state index in [1.807, 2.05) is 0 Å². The van der Waals surface area contributed by atoms with Crippen molar-refractivity contribution in [2.75, 3.05) is 5.75 Å². The first-order chi connectivity index (χ1) is 5.54. The lowest BCUT2D eigenvalue weighted by Crippen LogP contribution is -2.38. The molecule has 4 atom stereocenters. The zero-order valence-electron chi connectivity index (χ0n) is 7.88. The number of aliphatic hydroxyl groups excluding tert-OH is 1. The van der Waals surface area contributed by atoms with Crippen LogP contribution in [0, 0.1) is 16.7 Å². The molecule has 1 N–H and O–H groups in total. The van der Waals surface area contributed by atoms with Gasteiger partial charge in [0, 0.05) is 0 Å². The van der Waals surface area contributed by atoms with Gasteiger partial charge < -0.3 is 5.11 Å². The first-order valence-corrected chi connectivity index (χ1v) is 5.47. The molecule has 0 heterocycles. The highest BCUT2D eigenvalue weighted by molar-refractivity contribution is 7.80. The molecule has 0 saturated heterocycles. The van der Waals surface area contributed by atoms with Crippen LogP contribution in [0.15, 0.2) is 0 Å². The maximum absolute atomic E-state index is 9.91. The molecule has 0 aromatic rings. The van der Waals surface area contributed by atoms with E-state index in [0.29, 0.717) is 0 Å². The molecule has 0 spiro atoms. The van der Waals surface area contributed by atoms with E-state index < -0.39 is 0 Å². The van der Waals surface area contributed by atoms with Crippen molar-refractivity contribution in [3.8, 4) is 0 Å². The fourth-order valence-corrected chi connectivity index (χ4v) is 3.93. The third kappa shape index (κ3) is 0.759. The van der Waals surface area contributed by atoms with Crippen LogP contribution in [-0.4, -0.2) is 17.0 Å². The Morgan fingerprint density at radius 2 is 2.17 bits per heavy atom. The van der Waals surface area contributed by atoms with Crippen molar-refractivity contribution in [1.29, 1.82) is 0 Å². The van der Waals surface area contributed by atoms with Gasteiger partial charge in [0.15, 0.2) is 0 Å². The molecular weight excluding hydrogens is 168 g/mol. The van der Waals surface area contributed by atoms with Crippen LogP contribution in [0.2, 0.25) is 0 Å². The van der Waals surface area contributed by atoms with Crippen molar-refractivity contribution in [2.24, 2.45) is 16.7 Å². The predicted molar refractivity (Wildman–Crippen MR) is 53.4 cm³/mol. The zero-order valence-corrected chi connectivity index (χ0v) is 8.77. The van der Waals surface area contributed by atoms with Gasteiger partial charge in [0.1, 0.15) is 0 Å². The topological polar surface area (TPSA) is 20.2 Å². The van der Waals surface area contributed by atoms with E-state index in [1.54, 1.807) is 0 Å². The van der Waals surface area contributed by atoms with Crippen LogP contribution in [-0.2, 0) is 0 Å². The van der Waals surface area contributed by atoms with Gasteiger partial charge in [0.25, 0.3) is 0 Å². The third-order valence-corrected chi connectivity index (χ3v) is 5.45. The van der Waals surface area contributed by atoms with Crippen LogP contribution >= 0.6 is 12.6 Å². The minimum Gasteiger partial charge on any atom is -0.393 e. The normalized spacial score (nSPS) is 58.0. The Bertz CT molecular complexity index is 204. The summed E-state index contributed by atoms with van der Waals surface area (Å²) >= 11 is 4.44. The fourth-order valence-electron chi connectivity index (χ4n) is 3.31. The van der Waals surface area contributed by atoms with E-state index in [2.05, 4.69) is 26.5 Å². The molecule has 0 amide bonds. The summed E-state index contributed by atoms with van der Waals surface area (Å²) in [6, 6.07) is 0. The molecule has 2 heteroatoms. The van der Waals surface area contributed by atoms with Gasteiger partial charge in [-0.05, 0) is 41.8 Å². The number of hydrogen-bond donors (Lipinski definition) is 2. The SMILES string of the molecule is C[C@]1(CS)[C@@H]2CC[C@@]1(C)[C@H](O)C2. The standard InChI is InChI=1S/C10H18OS/c1-9-4-3-7(5-8(9)11)10(9,2)6-12/h7-8,11-12H,3-6H2,1-2H3/t7-,8-,9+,10+/m1/s1. The minimum atomic E-state index is -0.0756. The maximum atomic E-state index is 9.91. The number of fused-ring (bicyclic) bond motifs is 2. The average Bonchev–Trinajstić information content (AvgIpc) is 2.39. The summed E-state index contributed by atoms with van der Waals surface area (Å²) in [5.74, 6) is 1.64. The molecule has 2 aliphatic rings. The first kappa shape index (κ1) is 8.89. The molecule has 0 aliphatic heterocycles. The van der Waals surface area contributed by atoms with Crippen LogP contribution < -0.4 is 0 Å². The van der Waals surface area contributed by atoms with Crippen molar-refractivity contribution in [2.45, 2.75) is 39.2 Å². The average molecular weight is 186 g/mol. The molecule has 12 heavy (non-hydrogen) atoms.